The van der Waals surface area contributed by atoms with Gasteiger partial charge < -0.3 is 80.9 Å². The maximum atomic E-state index is 12.7. The highest BCUT2D eigenvalue weighted by Crippen LogP contribution is 2.39. The highest BCUT2D eigenvalue weighted by Gasteiger charge is 2.60. The van der Waals surface area contributed by atoms with E-state index in [-0.39, 0.29) is 0 Å². The van der Waals surface area contributed by atoms with Crippen LogP contribution in [0.25, 0.3) is 0 Å². The van der Waals surface area contributed by atoms with Crippen molar-refractivity contribution >= 4 is 53.7 Å². The van der Waals surface area contributed by atoms with E-state index in [4.69, 9.17) is 75.8 Å². The number of aliphatic hydroxyl groups is 1. The van der Waals surface area contributed by atoms with Gasteiger partial charge >= 0.3 is 53.7 Å². The van der Waals surface area contributed by atoms with E-state index in [2.05, 4.69) is 0 Å². The largest absolute Gasteiger partial charge is 0.456 e. The molecule has 20 atom stereocenters. The molecule has 0 spiro atoms. The maximum Gasteiger partial charge on any atom is 0.303 e. The highest BCUT2D eigenvalue weighted by molar-refractivity contribution is 5.70. The number of rotatable bonds is 15. The number of hydrogen-bond acceptors (Lipinski definition) is 26. The van der Waals surface area contributed by atoms with Crippen molar-refractivity contribution in [3.8, 4) is 0 Å². The summed E-state index contributed by atoms with van der Waals surface area (Å²) in [4.78, 5) is 112. The highest BCUT2D eigenvalue weighted by atomic mass is 16.8. The molecule has 11 unspecified atom stereocenters. The van der Waals surface area contributed by atoms with E-state index in [1.165, 1.54) is 27.7 Å². The summed E-state index contributed by atoms with van der Waals surface area (Å²) >= 11 is 0. The fourth-order valence-corrected chi connectivity index (χ4v) is 8.18. The summed E-state index contributed by atoms with van der Waals surface area (Å²) in [6, 6.07) is 0. The van der Waals surface area contributed by atoms with Crippen LogP contribution in [0.1, 0.15) is 90.0 Å². The maximum absolute atomic E-state index is 12.7. The van der Waals surface area contributed by atoms with E-state index in [0.29, 0.717) is 0 Å². The molecule has 0 aliphatic carbocycles. The van der Waals surface area contributed by atoms with Crippen LogP contribution in [0, 0.1) is 0 Å². The van der Waals surface area contributed by atoms with Crippen LogP contribution >= 0.6 is 0 Å². The monoisotopic (exact) mass is 980 g/mol. The Morgan fingerprint density at radius 1 is 0.279 bits per heavy atom. The van der Waals surface area contributed by atoms with Crippen LogP contribution in [0.2, 0.25) is 0 Å². The van der Waals surface area contributed by atoms with Gasteiger partial charge in [0.2, 0.25) is 0 Å². The smallest absolute Gasteiger partial charge is 0.303 e. The average Bonchev–Trinajstić information content (AvgIpc) is 3.18. The summed E-state index contributed by atoms with van der Waals surface area (Å²) in [5.41, 5.74) is 0. The first kappa shape index (κ1) is 55.5. The number of carbonyl (C=O) groups is 9. The van der Waals surface area contributed by atoms with Crippen molar-refractivity contribution in [2.45, 2.75) is 213 Å². The molecule has 4 aliphatic rings. The molecule has 68 heavy (non-hydrogen) atoms. The summed E-state index contributed by atoms with van der Waals surface area (Å²) in [6.07, 6.45) is -31.8. The van der Waals surface area contributed by atoms with Crippen LogP contribution in [-0.2, 0) is 119 Å². The van der Waals surface area contributed by atoms with Crippen LogP contribution in [0.5, 0.6) is 0 Å². The second-order valence-electron chi connectivity index (χ2n) is 16.3. The Morgan fingerprint density at radius 3 is 0.750 bits per heavy atom. The average molecular weight is 981 g/mol. The van der Waals surface area contributed by atoms with E-state index in [0.717, 1.165) is 62.3 Å². The van der Waals surface area contributed by atoms with E-state index in [1.54, 1.807) is 0 Å². The zero-order chi connectivity index (χ0) is 51.1. The summed E-state index contributed by atoms with van der Waals surface area (Å²) < 4.78 is 93.5. The first-order chi connectivity index (χ1) is 31.7. The summed E-state index contributed by atoms with van der Waals surface area (Å²) in [5, 5.41) is 11.8. The molecule has 384 valence electrons. The third kappa shape index (κ3) is 14.5. The lowest BCUT2D eigenvalue weighted by Gasteiger charge is -2.51. The molecule has 0 aromatic carbocycles. The Hall–Kier alpha value is -5.09. The Balaban J connectivity index is 1.92. The lowest BCUT2D eigenvalue weighted by atomic mass is 9.95. The number of esters is 9. The standard InChI is InChI=1S/C42H60O26/c1-14-30(66-40-36(63-24(11)49)32(60-21(8)46)27(15(2)54-40)57-18(5)43)31(67-41-37(64-25(12)50)33(61-22(9)47)28(16(3)55-41)58-19(6)44)35(39(52)53-14)68-42-38(65-26(13)51)34(62-23(10)48)29(17(4)56-42)59-20(7)45/h14-17,27-42,52H,1-13H3/t14?,15?,16?,17-,27+,28+,29+,30+,31?,32?,33?,34?,35?,36?,37?,38?,39-,40+,41+,42+/m1/s1. The van der Waals surface area contributed by atoms with Gasteiger partial charge in [0, 0.05) is 62.3 Å². The second-order valence-corrected chi connectivity index (χ2v) is 16.3. The van der Waals surface area contributed by atoms with Gasteiger partial charge in [-0.3, -0.25) is 43.2 Å². The third-order valence-corrected chi connectivity index (χ3v) is 10.5. The molecular formula is C42H60O26. The van der Waals surface area contributed by atoms with E-state index in [1.807, 2.05) is 0 Å². The Bertz CT molecular complexity index is 1770. The molecule has 0 bridgehead atoms. The quantitative estimate of drug-likeness (QED) is 0.160. The molecule has 4 heterocycles. The summed E-state index contributed by atoms with van der Waals surface area (Å²) in [6.45, 7) is 15.1. The summed E-state index contributed by atoms with van der Waals surface area (Å²) in [7, 11) is 0. The molecule has 0 aromatic rings. The first-order valence-electron chi connectivity index (χ1n) is 21.5. The van der Waals surface area contributed by atoms with Crippen LogP contribution in [0.3, 0.4) is 0 Å². The molecule has 0 aromatic heterocycles. The minimum absolute atomic E-state index is 0.811. The molecule has 4 fully saturated rings. The van der Waals surface area contributed by atoms with E-state index in [9.17, 15) is 48.3 Å². The molecule has 0 amide bonds. The van der Waals surface area contributed by atoms with Crippen molar-refractivity contribution in [2.75, 3.05) is 0 Å². The minimum atomic E-state index is -2.06. The fraction of sp³-hybridized carbons (Fsp3) is 0.786. The number of hydrogen-bond donors (Lipinski definition) is 1. The Morgan fingerprint density at radius 2 is 0.485 bits per heavy atom. The van der Waals surface area contributed by atoms with E-state index < -0.39 is 177 Å². The van der Waals surface area contributed by atoms with Crippen molar-refractivity contribution in [1.82, 2.24) is 0 Å². The van der Waals surface area contributed by atoms with Crippen LogP contribution in [0.15, 0.2) is 0 Å². The molecular weight excluding hydrogens is 920 g/mol. The van der Waals surface area contributed by atoms with Gasteiger partial charge in [-0.25, -0.2) is 0 Å². The molecule has 26 nitrogen and oxygen atoms in total. The SMILES string of the molecule is CC(=O)OC1C(OC(C)=O)[C@@H](OC(C)=O)C(C)O[C@H]1OC1C(O[C@@H]2O[C@H](C)[C@H](OC(C)=O)C(OC(C)=O)C2OC(C)=O)[C@H](O)OC(C)[C@@H]1O[C@@H]1OC(C)[C@H](OC(C)=O)C(OC(C)=O)C1OC(C)=O. The lowest BCUT2D eigenvalue weighted by Crippen LogP contribution is -2.68. The van der Waals surface area contributed by atoms with Gasteiger partial charge in [0.05, 0.1) is 24.4 Å². The van der Waals surface area contributed by atoms with Gasteiger partial charge in [-0.2, -0.15) is 0 Å². The number of carbonyl (C=O) groups excluding carboxylic acids is 9. The molecule has 4 rings (SSSR count). The van der Waals surface area contributed by atoms with Gasteiger partial charge in [-0.05, 0) is 27.7 Å². The topological polar surface area (TPSA) is 322 Å². The molecule has 4 aliphatic heterocycles. The van der Waals surface area contributed by atoms with Gasteiger partial charge in [-0.15, -0.1) is 0 Å². The zero-order valence-electron chi connectivity index (χ0n) is 39.7. The second kappa shape index (κ2) is 24.0. The van der Waals surface area contributed by atoms with Gasteiger partial charge in [-0.1, -0.05) is 0 Å². The lowest BCUT2D eigenvalue weighted by molar-refractivity contribution is -0.400. The van der Waals surface area contributed by atoms with E-state index >= 15 is 0 Å². The van der Waals surface area contributed by atoms with Crippen molar-refractivity contribution < 1.29 is 124 Å². The molecule has 0 radical (unpaired) electrons. The molecule has 0 saturated carbocycles. The number of ether oxygens (including phenoxy) is 16. The zero-order valence-corrected chi connectivity index (χ0v) is 39.7. The predicted octanol–water partition coefficient (Wildman–Crippen LogP) is -0.501. The van der Waals surface area contributed by atoms with Crippen molar-refractivity contribution in [1.29, 1.82) is 0 Å². The van der Waals surface area contributed by atoms with Gasteiger partial charge in [0.15, 0.2) is 80.1 Å². The summed E-state index contributed by atoms with van der Waals surface area (Å²) in [5.74, 6) is -7.99. The van der Waals surface area contributed by atoms with Crippen molar-refractivity contribution in [3.05, 3.63) is 0 Å². The van der Waals surface area contributed by atoms with Crippen LogP contribution < -0.4 is 0 Å². The molecule has 4 saturated heterocycles. The normalized spacial score (nSPS) is 38.0. The Labute approximate surface area is 390 Å². The van der Waals surface area contributed by atoms with Crippen LogP contribution in [-0.4, -0.2) is 182 Å². The molecule has 1 N–H and O–H groups in total. The first-order valence-corrected chi connectivity index (χ1v) is 21.5. The predicted molar refractivity (Wildman–Crippen MR) is 214 cm³/mol. The van der Waals surface area contributed by atoms with Gasteiger partial charge in [0.25, 0.3) is 0 Å². The van der Waals surface area contributed by atoms with Crippen molar-refractivity contribution in [2.24, 2.45) is 0 Å². The van der Waals surface area contributed by atoms with Crippen molar-refractivity contribution in [3.63, 3.8) is 0 Å². The van der Waals surface area contributed by atoms with Crippen LogP contribution in [0.4, 0.5) is 0 Å². The third-order valence-electron chi connectivity index (χ3n) is 10.5. The fourth-order valence-electron chi connectivity index (χ4n) is 8.18. The van der Waals surface area contributed by atoms with Gasteiger partial charge in [0.1, 0.15) is 18.3 Å². The number of aliphatic hydroxyl groups excluding tert-OH is 1. The minimum Gasteiger partial charge on any atom is -0.456 e. The Kier molecular flexibility index (Phi) is 19.6. The molecule has 26 heteroatoms.